The van der Waals surface area contributed by atoms with Crippen molar-refractivity contribution in [2.24, 2.45) is 17.6 Å². The van der Waals surface area contributed by atoms with Gasteiger partial charge in [-0.05, 0) is 56.7 Å². The van der Waals surface area contributed by atoms with Crippen LogP contribution in [0.1, 0.15) is 113 Å². The number of nitrogens with one attached hydrogen (secondary N) is 4. The maximum absolute atomic E-state index is 14.3. The Morgan fingerprint density at radius 3 is 2.21 bits per heavy atom. The van der Waals surface area contributed by atoms with Gasteiger partial charge in [0.25, 0.3) is 17.7 Å². The Morgan fingerprint density at radius 2 is 1.47 bits per heavy atom. The SMILES string of the molecule is CNC(=O)C[C@H](NC(=O)c1csc(-c2ccc(-c3nc(N(CCCCCC(=O)O)C(=O)C4CC(C(=O)O)C4)cs3)nc2-c2csc(-c3csc(CCc4ccccc4)n3)n2)n1)c1nc(C(=O)NCc2nc(C(=O)NCC(N)=O)c(COC)s2)c(C)s1. The average molecular weight is 1280 g/mol. The van der Waals surface area contributed by atoms with Crippen molar-refractivity contribution in [2.45, 2.75) is 83.9 Å². The number of pyridine rings is 1. The van der Waals surface area contributed by atoms with Gasteiger partial charge in [-0.15, -0.1) is 68.0 Å². The molecule has 24 nitrogen and oxygen atoms in total. The number of carboxylic acid groups (broad SMARTS) is 2. The topological polar surface area (TPSA) is 354 Å². The van der Waals surface area contributed by atoms with Crippen molar-refractivity contribution in [3.63, 3.8) is 0 Å². The minimum absolute atomic E-state index is 0.000120. The second kappa shape index (κ2) is 28.8. The predicted octanol–water partition coefficient (Wildman–Crippen LogP) is 7.57. The molecule has 1 aliphatic carbocycles. The molecule has 8 N–H and O–H groups in total. The zero-order valence-electron chi connectivity index (χ0n) is 46.4. The van der Waals surface area contributed by atoms with Gasteiger partial charge in [0.2, 0.25) is 17.7 Å². The Kier molecular flexibility index (Phi) is 20.9. The molecule has 448 valence electrons. The number of hydrogen-bond donors (Lipinski definition) is 7. The fraction of sp³-hybridized carbons (Fsp3) is 0.339. The van der Waals surface area contributed by atoms with E-state index in [1.807, 2.05) is 35.0 Å². The highest BCUT2D eigenvalue weighted by molar-refractivity contribution is 7.15. The molecule has 1 aromatic carbocycles. The summed E-state index contributed by atoms with van der Waals surface area (Å²) < 4.78 is 5.22. The summed E-state index contributed by atoms with van der Waals surface area (Å²) in [5.41, 5.74) is 9.10. The molecule has 1 aliphatic rings. The molecule has 0 spiro atoms. The van der Waals surface area contributed by atoms with Gasteiger partial charge in [0.15, 0.2) is 0 Å². The molecule has 30 heteroatoms. The lowest BCUT2D eigenvalue weighted by Crippen LogP contribution is -2.44. The molecular formula is C56H57N13O11S6. The molecule has 7 aromatic heterocycles. The van der Waals surface area contributed by atoms with Crippen LogP contribution < -0.4 is 31.9 Å². The predicted molar refractivity (Wildman–Crippen MR) is 326 cm³/mol. The van der Waals surface area contributed by atoms with Crippen molar-refractivity contribution in [1.82, 2.24) is 56.2 Å². The minimum atomic E-state index is -0.994. The Hall–Kier alpha value is -8.13. The smallest absolute Gasteiger partial charge is 0.306 e. The summed E-state index contributed by atoms with van der Waals surface area (Å²) in [6.45, 7) is 1.51. The van der Waals surface area contributed by atoms with Crippen molar-refractivity contribution in [3.05, 3.63) is 111 Å². The summed E-state index contributed by atoms with van der Waals surface area (Å²) in [4.78, 5) is 138. The Labute approximate surface area is 515 Å². The summed E-state index contributed by atoms with van der Waals surface area (Å²) in [5.74, 6) is -5.80. The monoisotopic (exact) mass is 1280 g/mol. The van der Waals surface area contributed by atoms with Crippen LogP contribution in [0.3, 0.4) is 0 Å². The first-order valence-corrected chi connectivity index (χ1v) is 32.0. The van der Waals surface area contributed by atoms with Crippen LogP contribution in [0.15, 0.2) is 64.0 Å². The third-order valence-electron chi connectivity index (χ3n) is 13.6. The van der Waals surface area contributed by atoms with Crippen molar-refractivity contribution >= 4 is 121 Å². The molecule has 7 heterocycles. The van der Waals surface area contributed by atoms with Crippen LogP contribution in [0, 0.1) is 18.8 Å². The average Bonchev–Trinajstić information content (AvgIpc) is 2.06. The van der Waals surface area contributed by atoms with Crippen LogP contribution in [-0.2, 0) is 54.7 Å². The van der Waals surface area contributed by atoms with Crippen LogP contribution in [0.4, 0.5) is 5.82 Å². The van der Waals surface area contributed by atoms with Gasteiger partial charge >= 0.3 is 11.9 Å². The highest BCUT2D eigenvalue weighted by Crippen LogP contribution is 2.40. The molecule has 1 fully saturated rings. The summed E-state index contributed by atoms with van der Waals surface area (Å²) in [6.07, 6.45) is 3.28. The number of carbonyl (C=O) groups is 8. The van der Waals surface area contributed by atoms with Gasteiger partial charge in [-0.1, -0.05) is 36.8 Å². The van der Waals surface area contributed by atoms with E-state index in [-0.39, 0.29) is 73.4 Å². The zero-order chi connectivity index (χ0) is 61.0. The van der Waals surface area contributed by atoms with Gasteiger partial charge < -0.3 is 42.0 Å². The molecule has 8 aromatic rings. The maximum atomic E-state index is 14.3. The molecule has 6 amide bonds. The first kappa shape index (κ1) is 62.4. The number of aliphatic carboxylic acids is 2. The largest absolute Gasteiger partial charge is 0.481 e. The number of carbonyl (C=O) groups excluding carboxylic acids is 6. The van der Waals surface area contributed by atoms with Crippen molar-refractivity contribution in [3.8, 4) is 43.4 Å². The molecule has 0 unspecified atom stereocenters. The number of nitrogens with zero attached hydrogens (tertiary/aromatic N) is 8. The van der Waals surface area contributed by atoms with Gasteiger partial charge in [0.05, 0.1) is 53.7 Å². The van der Waals surface area contributed by atoms with E-state index in [4.69, 9.17) is 35.4 Å². The number of carboxylic acids is 2. The van der Waals surface area contributed by atoms with E-state index in [2.05, 4.69) is 43.4 Å². The van der Waals surface area contributed by atoms with Crippen molar-refractivity contribution in [2.75, 3.05) is 32.1 Å². The zero-order valence-corrected chi connectivity index (χ0v) is 51.3. The number of thiazole rings is 6. The number of hydrogen-bond acceptors (Lipinski definition) is 22. The Bertz CT molecular complexity index is 3790. The van der Waals surface area contributed by atoms with Gasteiger partial charge in [-0.25, -0.2) is 34.9 Å². The van der Waals surface area contributed by atoms with E-state index in [0.717, 1.165) is 40.5 Å². The third kappa shape index (κ3) is 15.6. The summed E-state index contributed by atoms with van der Waals surface area (Å²) in [6, 6.07) is 12.7. The molecule has 1 atom stereocenters. The van der Waals surface area contributed by atoms with Gasteiger partial charge in [-0.2, -0.15) is 0 Å². The number of benzene rings is 1. The van der Waals surface area contributed by atoms with E-state index in [9.17, 15) is 48.6 Å². The quantitative estimate of drug-likeness (QED) is 0.0222. The van der Waals surface area contributed by atoms with Gasteiger partial charge in [-0.3, -0.25) is 43.3 Å². The van der Waals surface area contributed by atoms with Crippen LogP contribution in [-0.4, -0.2) is 120 Å². The Morgan fingerprint density at radius 1 is 0.721 bits per heavy atom. The van der Waals surface area contributed by atoms with E-state index in [1.165, 1.54) is 53.7 Å². The lowest BCUT2D eigenvalue weighted by atomic mass is 9.74. The van der Waals surface area contributed by atoms with E-state index >= 15 is 0 Å². The standard InChI is InChI=1S/C56H57N13O11S6/c1-28-45(49(75)60-22-43-67-47(38(86-43)23-80-3)50(76)59-21-39(57)70)68-54(85-28)34(20-41(71)58-2)63-48(74)36-25-82-51(65-36)32-14-15-33(62-46(32)35-24-83-53(64-35)37-26-81-42(61-37)16-13-29-10-6-4-7-11-29)52-66-40(27-84-52)69(17-9-5-8-12-44(72)73)55(77)30-18-31(19-30)56(78)79/h4,6-7,10-11,14-15,24-27,30-31,34H,5,8-9,12-13,16-23H2,1-3H3,(H2,57,70)(H,58,71)(H,59,76)(H,60,75)(H,63,74)(H,72,73)(H,78,79)/t30?,31?,34-/m0/s1. The highest BCUT2D eigenvalue weighted by atomic mass is 32.1. The van der Waals surface area contributed by atoms with Crippen molar-refractivity contribution < 1.29 is 53.3 Å². The summed E-state index contributed by atoms with van der Waals surface area (Å²) in [5, 5.41) is 39.7. The number of aryl methyl sites for hydroxylation is 3. The number of anilines is 1. The van der Waals surface area contributed by atoms with E-state index in [0.29, 0.717) is 83.2 Å². The van der Waals surface area contributed by atoms with Crippen molar-refractivity contribution in [1.29, 1.82) is 0 Å². The second-order valence-electron chi connectivity index (χ2n) is 19.7. The highest BCUT2D eigenvalue weighted by Gasteiger charge is 2.41. The molecule has 86 heavy (non-hydrogen) atoms. The minimum Gasteiger partial charge on any atom is -0.481 e. The number of rotatable bonds is 29. The lowest BCUT2D eigenvalue weighted by molar-refractivity contribution is -0.148. The number of methoxy groups -OCH3 is 1. The van der Waals surface area contributed by atoms with Gasteiger partial charge in [0.1, 0.15) is 65.0 Å². The Balaban J connectivity index is 0.970. The molecule has 0 saturated heterocycles. The first-order valence-electron chi connectivity index (χ1n) is 26.9. The summed E-state index contributed by atoms with van der Waals surface area (Å²) in [7, 11) is 2.91. The molecular weight excluding hydrogens is 1220 g/mol. The second-order valence-corrected chi connectivity index (χ2v) is 25.6. The number of aromatic nitrogens is 7. The molecule has 0 aliphatic heterocycles. The molecule has 0 bridgehead atoms. The normalized spacial score (nSPS) is 14.0. The summed E-state index contributed by atoms with van der Waals surface area (Å²) >= 11 is 7.65. The third-order valence-corrected chi connectivity index (χ3v) is 19.2. The first-order chi connectivity index (χ1) is 41.4. The van der Waals surface area contributed by atoms with Crippen LogP contribution >= 0.6 is 68.0 Å². The number of amides is 6. The van der Waals surface area contributed by atoms with E-state index < -0.39 is 65.9 Å². The maximum Gasteiger partial charge on any atom is 0.306 e. The van der Waals surface area contributed by atoms with Crippen LogP contribution in [0.25, 0.3) is 43.4 Å². The number of unbranched alkanes of at least 4 members (excludes halogenated alkanes) is 2. The van der Waals surface area contributed by atoms with Crippen LogP contribution in [0.2, 0.25) is 0 Å². The van der Waals surface area contributed by atoms with Crippen LogP contribution in [0.5, 0.6) is 0 Å². The number of ether oxygens (including phenoxy) is 1. The molecule has 1 saturated carbocycles. The van der Waals surface area contributed by atoms with E-state index in [1.54, 1.807) is 40.0 Å². The fourth-order valence-electron chi connectivity index (χ4n) is 9.05. The number of primary amides is 1. The lowest BCUT2D eigenvalue weighted by Gasteiger charge is -2.34. The fourth-order valence-corrected chi connectivity index (χ4v) is 14.2. The number of nitrogens with two attached hydrogens (primary N) is 1. The molecule has 9 rings (SSSR count). The van der Waals surface area contributed by atoms with Gasteiger partial charge in [0, 0.05) is 71.4 Å². The molecule has 0 radical (unpaired) electrons.